The number of nitrogens with zero attached hydrogens (tertiary/aromatic N) is 2. The molecule has 3 aliphatic carbocycles. The van der Waals surface area contributed by atoms with Gasteiger partial charge in [0.05, 0.1) is 35.9 Å². The topological polar surface area (TPSA) is 101 Å². The lowest BCUT2D eigenvalue weighted by atomic mass is 9.44. The second-order valence-electron chi connectivity index (χ2n) is 11.6. The number of carbonyl (C=O) groups is 2. The molecule has 2 bridgehead atoms. The molecule has 9 heteroatoms. The standard InChI is InChI=1S/C28H37BN3O5.H2/c1-5-36-18-8-9-19-20(10-11-30-22(19)14-18)26(34)31-16-24(33)32-12-6-7-23(32)29-37-25-21-13-17(27(21,2)3)15-28(25,4)35;/h8-11,14,17,21,23,25,35H,5-7,12-13,15-16H2,1-4H3,(H,31,34);1H/t17?,21?,23-,25+,28-;/m0./s1. The van der Waals surface area contributed by atoms with E-state index in [9.17, 15) is 14.7 Å². The van der Waals surface area contributed by atoms with Crippen molar-refractivity contribution in [1.82, 2.24) is 15.2 Å². The summed E-state index contributed by atoms with van der Waals surface area (Å²) < 4.78 is 11.8. The van der Waals surface area contributed by atoms with Gasteiger partial charge in [0, 0.05) is 31.6 Å². The molecule has 4 aliphatic rings. The van der Waals surface area contributed by atoms with Gasteiger partial charge in [0.15, 0.2) is 0 Å². The molecule has 2 N–H and O–H groups in total. The number of benzene rings is 1. The molecule has 2 heterocycles. The molecular formula is C28H39BN3O5. The number of ether oxygens (including phenoxy) is 1. The van der Waals surface area contributed by atoms with Gasteiger partial charge in [0.25, 0.3) is 5.91 Å². The van der Waals surface area contributed by atoms with Crippen molar-refractivity contribution >= 4 is 30.2 Å². The van der Waals surface area contributed by atoms with Crippen molar-refractivity contribution in [3.8, 4) is 5.75 Å². The van der Waals surface area contributed by atoms with Crippen LogP contribution in [0.2, 0.25) is 0 Å². The van der Waals surface area contributed by atoms with Crippen LogP contribution in [0.5, 0.6) is 5.75 Å². The van der Waals surface area contributed by atoms with Crippen LogP contribution in [0.15, 0.2) is 30.5 Å². The first-order valence-electron chi connectivity index (χ1n) is 13.4. The first-order chi connectivity index (χ1) is 17.6. The van der Waals surface area contributed by atoms with Crippen LogP contribution in [-0.2, 0) is 9.45 Å². The summed E-state index contributed by atoms with van der Waals surface area (Å²) in [5.74, 6) is 0.906. The Morgan fingerprint density at radius 3 is 2.86 bits per heavy atom. The number of fused-ring (bicyclic) bond motifs is 3. The number of carbonyl (C=O) groups excluding carboxylic acids is 2. The third-order valence-corrected chi connectivity index (χ3v) is 8.86. The lowest BCUT2D eigenvalue weighted by Crippen LogP contribution is -2.66. The van der Waals surface area contributed by atoms with Gasteiger partial charge < -0.3 is 24.7 Å². The number of likely N-dealkylation sites (tertiary alicyclic amines) is 1. The van der Waals surface area contributed by atoms with Crippen LogP contribution in [0.25, 0.3) is 10.9 Å². The number of pyridine rings is 1. The van der Waals surface area contributed by atoms with Gasteiger partial charge in [-0.2, -0.15) is 0 Å². The normalized spacial score (nSPS) is 30.0. The second kappa shape index (κ2) is 9.91. The quantitative estimate of drug-likeness (QED) is 0.531. The van der Waals surface area contributed by atoms with Crippen LogP contribution in [0.4, 0.5) is 0 Å². The molecule has 0 spiro atoms. The number of aliphatic hydroxyl groups is 1. The Balaban J connectivity index is 0.00000336. The minimum absolute atomic E-state index is 0. The molecule has 1 aliphatic heterocycles. The Kier molecular flexibility index (Phi) is 6.96. The summed E-state index contributed by atoms with van der Waals surface area (Å²) in [6.45, 7) is 9.37. The van der Waals surface area contributed by atoms with Gasteiger partial charge in [-0.25, -0.2) is 0 Å². The Labute approximate surface area is 220 Å². The Morgan fingerprint density at radius 2 is 2.11 bits per heavy atom. The van der Waals surface area contributed by atoms with E-state index in [1.807, 2.05) is 26.0 Å². The molecule has 3 saturated carbocycles. The minimum atomic E-state index is -0.863. The average Bonchev–Trinajstić information content (AvgIpc) is 3.34. The van der Waals surface area contributed by atoms with E-state index in [0.29, 0.717) is 47.2 Å². The molecule has 1 radical (unpaired) electrons. The second-order valence-corrected chi connectivity index (χ2v) is 11.6. The van der Waals surface area contributed by atoms with Crippen molar-refractivity contribution in [2.45, 2.75) is 71.0 Å². The molecule has 4 fully saturated rings. The zero-order chi connectivity index (χ0) is 26.4. The van der Waals surface area contributed by atoms with Gasteiger partial charge in [-0.3, -0.25) is 14.6 Å². The zero-order valence-corrected chi connectivity index (χ0v) is 22.2. The SMILES string of the molecule is CCOc1ccc2c(C(=O)NCC(=O)N3CCC[C@H]3[B]O[C@@H]3C4CC(C[C@]3(C)O)C4(C)C)ccnc2c1.[HH]. The highest BCUT2D eigenvalue weighted by atomic mass is 16.5. The highest BCUT2D eigenvalue weighted by Crippen LogP contribution is 2.62. The summed E-state index contributed by atoms with van der Waals surface area (Å²) in [7, 11) is 1.76. The first kappa shape index (κ1) is 26.0. The maximum absolute atomic E-state index is 13.1. The number of amides is 2. The Hall–Kier alpha value is -2.65. The van der Waals surface area contributed by atoms with E-state index >= 15 is 0 Å². The Morgan fingerprint density at radius 1 is 1.30 bits per heavy atom. The molecule has 5 atom stereocenters. The molecule has 8 nitrogen and oxygen atoms in total. The summed E-state index contributed by atoms with van der Waals surface area (Å²) in [6.07, 6.45) is 4.82. The van der Waals surface area contributed by atoms with Crippen molar-refractivity contribution < 1.29 is 25.5 Å². The highest BCUT2D eigenvalue weighted by Gasteiger charge is 2.62. The molecule has 2 aromatic rings. The third kappa shape index (κ3) is 4.83. The number of aromatic nitrogens is 1. The smallest absolute Gasteiger partial charge is 0.317 e. The van der Waals surface area contributed by atoms with E-state index in [0.717, 1.165) is 25.7 Å². The van der Waals surface area contributed by atoms with Crippen LogP contribution < -0.4 is 10.1 Å². The largest absolute Gasteiger partial charge is 0.494 e. The number of hydrogen-bond acceptors (Lipinski definition) is 6. The molecular weight excluding hydrogens is 469 g/mol. The third-order valence-electron chi connectivity index (χ3n) is 8.86. The lowest BCUT2D eigenvalue weighted by molar-refractivity contribution is -0.225. The fourth-order valence-electron chi connectivity index (χ4n) is 6.56. The molecule has 6 rings (SSSR count). The lowest BCUT2D eigenvalue weighted by Gasteiger charge is -2.64. The van der Waals surface area contributed by atoms with Crippen molar-refractivity contribution in [3.63, 3.8) is 0 Å². The van der Waals surface area contributed by atoms with Gasteiger partial charge in [0.2, 0.25) is 5.91 Å². The van der Waals surface area contributed by atoms with Gasteiger partial charge in [-0.05, 0) is 75.0 Å². The minimum Gasteiger partial charge on any atom is -0.494 e. The summed E-state index contributed by atoms with van der Waals surface area (Å²) in [6, 6.07) is 7.10. The number of nitrogens with one attached hydrogen (secondary N) is 1. The van der Waals surface area contributed by atoms with E-state index in [1.54, 1.807) is 30.7 Å². The molecule has 2 unspecified atom stereocenters. The predicted molar refractivity (Wildman–Crippen MR) is 143 cm³/mol. The van der Waals surface area contributed by atoms with E-state index in [1.165, 1.54) is 0 Å². The van der Waals surface area contributed by atoms with Crippen LogP contribution in [0.1, 0.15) is 65.2 Å². The van der Waals surface area contributed by atoms with Crippen molar-refractivity contribution in [1.29, 1.82) is 0 Å². The number of hydrogen-bond donors (Lipinski definition) is 2. The van der Waals surface area contributed by atoms with Gasteiger partial charge in [-0.15, -0.1) is 0 Å². The maximum Gasteiger partial charge on any atom is 0.317 e. The Bertz CT molecular complexity index is 1190. The summed E-state index contributed by atoms with van der Waals surface area (Å²) in [5, 5.41) is 14.5. The molecule has 2 amide bonds. The van der Waals surface area contributed by atoms with E-state index in [-0.39, 0.29) is 37.2 Å². The van der Waals surface area contributed by atoms with E-state index in [4.69, 9.17) is 9.39 Å². The van der Waals surface area contributed by atoms with Crippen LogP contribution >= 0.6 is 0 Å². The molecule has 1 aromatic heterocycles. The summed E-state index contributed by atoms with van der Waals surface area (Å²) in [5.41, 5.74) is 0.431. The van der Waals surface area contributed by atoms with Gasteiger partial charge >= 0.3 is 7.48 Å². The van der Waals surface area contributed by atoms with E-state index < -0.39 is 5.60 Å². The zero-order valence-electron chi connectivity index (χ0n) is 22.2. The molecule has 1 aromatic carbocycles. The average molecular weight is 508 g/mol. The monoisotopic (exact) mass is 508 g/mol. The van der Waals surface area contributed by atoms with Crippen molar-refractivity contribution in [2.75, 3.05) is 19.7 Å². The summed E-state index contributed by atoms with van der Waals surface area (Å²) >= 11 is 0. The fourth-order valence-corrected chi connectivity index (χ4v) is 6.56. The molecule has 199 valence electrons. The van der Waals surface area contributed by atoms with Crippen LogP contribution in [0, 0.1) is 17.3 Å². The predicted octanol–water partition coefficient (Wildman–Crippen LogP) is 3.38. The van der Waals surface area contributed by atoms with Gasteiger partial charge in [-0.1, -0.05) is 13.8 Å². The van der Waals surface area contributed by atoms with Crippen molar-refractivity contribution in [2.24, 2.45) is 17.3 Å². The van der Waals surface area contributed by atoms with E-state index in [2.05, 4.69) is 24.1 Å². The molecule has 1 saturated heterocycles. The van der Waals surface area contributed by atoms with Crippen LogP contribution in [-0.4, -0.2) is 71.6 Å². The highest BCUT2D eigenvalue weighted by molar-refractivity contribution is 6.30. The molecule has 37 heavy (non-hydrogen) atoms. The first-order valence-corrected chi connectivity index (χ1v) is 13.4. The number of rotatable bonds is 8. The maximum atomic E-state index is 13.1. The fraction of sp³-hybridized carbons (Fsp3) is 0.607. The van der Waals surface area contributed by atoms with Crippen molar-refractivity contribution in [3.05, 3.63) is 36.0 Å². The van der Waals surface area contributed by atoms with Crippen LogP contribution in [0.3, 0.4) is 0 Å². The van der Waals surface area contributed by atoms with Gasteiger partial charge in [0.1, 0.15) is 5.75 Å². The summed E-state index contributed by atoms with van der Waals surface area (Å²) in [4.78, 5) is 32.2.